The molecule has 0 aliphatic heterocycles. The Bertz CT molecular complexity index is 282. The van der Waals surface area contributed by atoms with Crippen LogP contribution in [0.4, 0.5) is 0 Å². The van der Waals surface area contributed by atoms with Crippen LogP contribution < -0.4 is 5.32 Å². The molecule has 2 heteroatoms. The van der Waals surface area contributed by atoms with Gasteiger partial charge in [0.05, 0.1) is 6.61 Å². The highest BCUT2D eigenvalue weighted by Gasteiger charge is 2.16. The maximum Gasteiger partial charge on any atom is 0.0529 e. The van der Waals surface area contributed by atoms with Crippen molar-refractivity contribution in [3.63, 3.8) is 0 Å². The predicted octanol–water partition coefficient (Wildman–Crippen LogP) is 2.84. The molecule has 0 unspecified atom stereocenters. The van der Waals surface area contributed by atoms with Gasteiger partial charge in [0.15, 0.2) is 0 Å². The SMILES string of the molecule is CCOCC(C)(C)CNCc1ccccc1. The lowest BCUT2D eigenvalue weighted by Gasteiger charge is -2.24. The summed E-state index contributed by atoms with van der Waals surface area (Å²) in [7, 11) is 0. The zero-order chi connectivity index (χ0) is 11.9. The summed E-state index contributed by atoms with van der Waals surface area (Å²) in [5.74, 6) is 0. The van der Waals surface area contributed by atoms with Crippen molar-refractivity contribution in [2.75, 3.05) is 19.8 Å². The predicted molar refractivity (Wildman–Crippen MR) is 68.4 cm³/mol. The molecule has 0 aliphatic rings. The third kappa shape index (κ3) is 5.29. The van der Waals surface area contributed by atoms with E-state index in [1.165, 1.54) is 5.56 Å². The fourth-order valence-corrected chi connectivity index (χ4v) is 1.57. The van der Waals surface area contributed by atoms with E-state index in [1.807, 2.05) is 13.0 Å². The Morgan fingerprint density at radius 1 is 1.19 bits per heavy atom. The summed E-state index contributed by atoms with van der Waals surface area (Å²) in [6.07, 6.45) is 0. The van der Waals surface area contributed by atoms with Crippen LogP contribution >= 0.6 is 0 Å². The topological polar surface area (TPSA) is 21.3 Å². The van der Waals surface area contributed by atoms with Crippen LogP contribution in [0.3, 0.4) is 0 Å². The van der Waals surface area contributed by atoms with Gasteiger partial charge in [0.2, 0.25) is 0 Å². The van der Waals surface area contributed by atoms with Crippen molar-refractivity contribution in [3.05, 3.63) is 35.9 Å². The van der Waals surface area contributed by atoms with Crippen molar-refractivity contribution >= 4 is 0 Å². The number of rotatable bonds is 7. The largest absolute Gasteiger partial charge is 0.381 e. The molecule has 1 rings (SSSR count). The lowest BCUT2D eigenvalue weighted by atomic mass is 9.95. The minimum absolute atomic E-state index is 0.199. The Morgan fingerprint density at radius 3 is 2.50 bits per heavy atom. The molecule has 0 aliphatic carbocycles. The maximum atomic E-state index is 5.46. The molecule has 16 heavy (non-hydrogen) atoms. The van der Waals surface area contributed by atoms with E-state index in [4.69, 9.17) is 4.74 Å². The molecule has 0 bridgehead atoms. The van der Waals surface area contributed by atoms with E-state index in [2.05, 4.69) is 43.4 Å². The molecule has 0 fully saturated rings. The Morgan fingerprint density at radius 2 is 1.88 bits per heavy atom. The summed E-state index contributed by atoms with van der Waals surface area (Å²) >= 11 is 0. The molecule has 0 atom stereocenters. The summed E-state index contributed by atoms with van der Waals surface area (Å²) in [6, 6.07) is 10.5. The lowest BCUT2D eigenvalue weighted by Crippen LogP contribution is -2.33. The van der Waals surface area contributed by atoms with Crippen LogP contribution in [0.1, 0.15) is 26.3 Å². The van der Waals surface area contributed by atoms with Gasteiger partial charge in [-0.25, -0.2) is 0 Å². The van der Waals surface area contributed by atoms with Crippen LogP contribution in [0.5, 0.6) is 0 Å². The van der Waals surface area contributed by atoms with Crippen molar-refractivity contribution in [1.29, 1.82) is 0 Å². The van der Waals surface area contributed by atoms with Gasteiger partial charge >= 0.3 is 0 Å². The summed E-state index contributed by atoms with van der Waals surface area (Å²) in [6.45, 7) is 9.99. The zero-order valence-corrected chi connectivity index (χ0v) is 10.6. The van der Waals surface area contributed by atoms with Crippen LogP contribution in [0.25, 0.3) is 0 Å². The first kappa shape index (κ1) is 13.2. The smallest absolute Gasteiger partial charge is 0.0529 e. The second-order valence-electron chi connectivity index (χ2n) is 4.89. The minimum Gasteiger partial charge on any atom is -0.381 e. The highest BCUT2D eigenvalue weighted by atomic mass is 16.5. The molecule has 0 amide bonds. The number of hydrogen-bond donors (Lipinski definition) is 1. The first-order valence-electron chi connectivity index (χ1n) is 5.96. The zero-order valence-electron chi connectivity index (χ0n) is 10.6. The van der Waals surface area contributed by atoms with Gasteiger partial charge in [-0.3, -0.25) is 0 Å². The molecule has 0 heterocycles. The fourth-order valence-electron chi connectivity index (χ4n) is 1.57. The van der Waals surface area contributed by atoms with E-state index >= 15 is 0 Å². The number of nitrogens with one attached hydrogen (secondary N) is 1. The summed E-state index contributed by atoms with van der Waals surface area (Å²) in [5.41, 5.74) is 1.53. The minimum atomic E-state index is 0.199. The summed E-state index contributed by atoms with van der Waals surface area (Å²) in [4.78, 5) is 0. The quantitative estimate of drug-likeness (QED) is 0.764. The lowest BCUT2D eigenvalue weighted by molar-refractivity contribution is 0.0704. The second kappa shape index (κ2) is 6.66. The van der Waals surface area contributed by atoms with Gasteiger partial charge in [0.1, 0.15) is 0 Å². The van der Waals surface area contributed by atoms with Crippen LogP contribution in [-0.2, 0) is 11.3 Å². The van der Waals surface area contributed by atoms with E-state index < -0.39 is 0 Å². The second-order valence-corrected chi connectivity index (χ2v) is 4.89. The van der Waals surface area contributed by atoms with Gasteiger partial charge in [-0.1, -0.05) is 44.2 Å². The molecule has 90 valence electrons. The van der Waals surface area contributed by atoms with Crippen molar-refractivity contribution in [1.82, 2.24) is 5.32 Å². The Labute approximate surface area is 99.0 Å². The fraction of sp³-hybridized carbons (Fsp3) is 0.571. The van der Waals surface area contributed by atoms with Gasteiger partial charge in [0.25, 0.3) is 0 Å². The van der Waals surface area contributed by atoms with Gasteiger partial charge in [-0.15, -0.1) is 0 Å². The van der Waals surface area contributed by atoms with Crippen molar-refractivity contribution in [2.24, 2.45) is 5.41 Å². The molecule has 0 aromatic heterocycles. The summed E-state index contributed by atoms with van der Waals surface area (Å²) < 4.78 is 5.46. The van der Waals surface area contributed by atoms with Gasteiger partial charge < -0.3 is 10.1 Å². The Kier molecular flexibility index (Phi) is 5.50. The third-order valence-corrected chi connectivity index (χ3v) is 2.47. The molecule has 1 aromatic rings. The molecule has 0 spiro atoms. The number of ether oxygens (including phenoxy) is 1. The van der Waals surface area contributed by atoms with Crippen LogP contribution in [-0.4, -0.2) is 19.8 Å². The van der Waals surface area contributed by atoms with Crippen molar-refractivity contribution < 1.29 is 4.74 Å². The monoisotopic (exact) mass is 221 g/mol. The van der Waals surface area contributed by atoms with Crippen LogP contribution in [0, 0.1) is 5.41 Å². The normalized spacial score (nSPS) is 11.7. The Hall–Kier alpha value is -0.860. The van der Waals surface area contributed by atoms with E-state index in [0.29, 0.717) is 0 Å². The molecule has 1 aromatic carbocycles. The molecule has 0 saturated carbocycles. The third-order valence-electron chi connectivity index (χ3n) is 2.47. The van der Waals surface area contributed by atoms with Gasteiger partial charge in [-0.2, -0.15) is 0 Å². The molecule has 2 nitrogen and oxygen atoms in total. The van der Waals surface area contributed by atoms with Gasteiger partial charge in [0, 0.05) is 25.1 Å². The van der Waals surface area contributed by atoms with Crippen molar-refractivity contribution in [2.45, 2.75) is 27.3 Å². The Balaban J connectivity index is 2.24. The van der Waals surface area contributed by atoms with Crippen LogP contribution in [0.15, 0.2) is 30.3 Å². The summed E-state index contributed by atoms with van der Waals surface area (Å²) in [5, 5.41) is 3.47. The maximum absolute atomic E-state index is 5.46. The first-order valence-corrected chi connectivity index (χ1v) is 5.96. The average molecular weight is 221 g/mol. The molecule has 1 N–H and O–H groups in total. The highest BCUT2D eigenvalue weighted by Crippen LogP contribution is 2.14. The molecular weight excluding hydrogens is 198 g/mol. The molecule has 0 saturated heterocycles. The van der Waals surface area contributed by atoms with E-state index in [1.54, 1.807) is 0 Å². The van der Waals surface area contributed by atoms with E-state index in [9.17, 15) is 0 Å². The number of hydrogen-bond acceptors (Lipinski definition) is 2. The standard InChI is InChI=1S/C14H23NO/c1-4-16-12-14(2,3)11-15-10-13-8-6-5-7-9-13/h5-9,15H,4,10-12H2,1-3H3. The number of benzene rings is 1. The van der Waals surface area contributed by atoms with Crippen molar-refractivity contribution in [3.8, 4) is 0 Å². The molecular formula is C14H23NO. The first-order chi connectivity index (χ1) is 7.64. The van der Waals surface area contributed by atoms with Gasteiger partial charge in [-0.05, 0) is 12.5 Å². The highest BCUT2D eigenvalue weighted by molar-refractivity contribution is 5.14. The molecule has 0 radical (unpaired) electrons. The van der Waals surface area contributed by atoms with E-state index in [0.717, 1.165) is 26.3 Å². The van der Waals surface area contributed by atoms with Crippen LogP contribution in [0.2, 0.25) is 0 Å². The average Bonchev–Trinajstić information content (AvgIpc) is 2.28. The van der Waals surface area contributed by atoms with E-state index in [-0.39, 0.29) is 5.41 Å².